The maximum absolute atomic E-state index is 5.58. The molecule has 0 N–H and O–H groups in total. The quantitative estimate of drug-likeness (QED) is 0.594. The Hall–Kier alpha value is -0.0800. The molecule has 2 saturated heterocycles. The lowest BCUT2D eigenvalue weighted by Gasteiger charge is -2.32. The van der Waals surface area contributed by atoms with Gasteiger partial charge >= 0.3 is 0 Å². The summed E-state index contributed by atoms with van der Waals surface area (Å²) in [7, 11) is 2.23. The highest BCUT2D eigenvalue weighted by atomic mass is 16.5. The van der Waals surface area contributed by atoms with Crippen molar-refractivity contribution >= 4 is 0 Å². The van der Waals surface area contributed by atoms with Gasteiger partial charge in [-0.15, -0.1) is 0 Å². The van der Waals surface area contributed by atoms with Crippen LogP contribution in [0.4, 0.5) is 0 Å². The molecule has 2 unspecified atom stereocenters. The van der Waals surface area contributed by atoms with Crippen molar-refractivity contribution in [2.75, 3.05) is 26.8 Å². The molecule has 2 aliphatic rings. The van der Waals surface area contributed by atoms with E-state index < -0.39 is 0 Å². The zero-order valence-electron chi connectivity index (χ0n) is 10.2. The Labute approximate surface area is 88.6 Å². The van der Waals surface area contributed by atoms with Gasteiger partial charge in [0.1, 0.15) is 0 Å². The summed E-state index contributed by atoms with van der Waals surface area (Å²) in [5.74, 6) is 0. The van der Waals surface area contributed by atoms with Gasteiger partial charge in [-0.2, -0.15) is 0 Å². The minimum Gasteiger partial charge on any atom is -0.381 e. The first kappa shape index (κ1) is 12.0. The summed E-state index contributed by atoms with van der Waals surface area (Å²) in [6.45, 7) is 9.55. The van der Waals surface area contributed by atoms with Gasteiger partial charge in [0.25, 0.3) is 0 Å². The second kappa shape index (κ2) is 5.13. The third kappa shape index (κ3) is 2.48. The van der Waals surface area contributed by atoms with Crippen LogP contribution >= 0.6 is 0 Å². The molecule has 0 saturated carbocycles. The molecule has 0 aromatic carbocycles. The lowest BCUT2D eigenvalue weighted by Crippen LogP contribution is -2.34. The number of hydrogen-bond acceptors (Lipinski definition) is 2. The molecule has 0 amide bonds. The summed E-state index contributed by atoms with van der Waals surface area (Å²) in [6.07, 6.45) is 3.98. The smallest absolute Gasteiger partial charge is 0.0535 e. The van der Waals surface area contributed by atoms with E-state index in [9.17, 15) is 0 Å². The summed E-state index contributed by atoms with van der Waals surface area (Å²) in [4.78, 5) is 2.47. The molecule has 0 aromatic rings. The molecule has 0 aliphatic carbocycles. The van der Waals surface area contributed by atoms with Crippen molar-refractivity contribution < 1.29 is 4.74 Å². The predicted molar refractivity (Wildman–Crippen MR) is 60.5 cm³/mol. The van der Waals surface area contributed by atoms with Crippen LogP contribution < -0.4 is 0 Å². The number of ether oxygens (including phenoxy) is 1. The third-order valence-corrected chi connectivity index (χ3v) is 3.47. The molecule has 2 rings (SSSR count). The monoisotopic (exact) mass is 199 g/mol. The highest BCUT2D eigenvalue weighted by Gasteiger charge is 2.41. The maximum atomic E-state index is 5.58. The van der Waals surface area contributed by atoms with Gasteiger partial charge in [0.2, 0.25) is 0 Å². The van der Waals surface area contributed by atoms with Gasteiger partial charge in [0, 0.05) is 24.6 Å². The van der Waals surface area contributed by atoms with Crippen LogP contribution in [0.5, 0.6) is 0 Å². The van der Waals surface area contributed by atoms with E-state index in [0.717, 1.165) is 19.3 Å². The van der Waals surface area contributed by atoms with E-state index in [1.807, 2.05) is 13.8 Å². The van der Waals surface area contributed by atoms with Crippen molar-refractivity contribution in [2.45, 2.75) is 46.1 Å². The fourth-order valence-electron chi connectivity index (χ4n) is 2.73. The second-order valence-corrected chi connectivity index (χ2v) is 4.62. The topological polar surface area (TPSA) is 12.5 Å². The molecule has 14 heavy (non-hydrogen) atoms. The zero-order valence-corrected chi connectivity index (χ0v) is 10.2. The van der Waals surface area contributed by atoms with Crippen molar-refractivity contribution in [1.29, 1.82) is 0 Å². The Bertz CT molecular complexity index is 152. The molecule has 0 aromatic heterocycles. The van der Waals surface area contributed by atoms with Crippen LogP contribution in [-0.4, -0.2) is 37.7 Å². The van der Waals surface area contributed by atoms with Gasteiger partial charge in [-0.3, -0.25) is 0 Å². The molecule has 2 aliphatic heterocycles. The van der Waals surface area contributed by atoms with Crippen LogP contribution in [0.1, 0.15) is 40.0 Å². The standard InChI is InChI=1S/C10H19NO.C2H6/c1-9-6-10(7-11(9)2)4-3-5-12-8-10;1-2/h9H,3-8H2,1-2H3;1-2H3. The Morgan fingerprint density at radius 1 is 1.36 bits per heavy atom. The Balaban J connectivity index is 0.000000461. The van der Waals surface area contributed by atoms with Crippen molar-refractivity contribution in [1.82, 2.24) is 4.90 Å². The first-order valence-corrected chi connectivity index (χ1v) is 6.00. The third-order valence-electron chi connectivity index (χ3n) is 3.47. The summed E-state index contributed by atoms with van der Waals surface area (Å²) in [6, 6.07) is 0.756. The molecular weight excluding hydrogens is 174 g/mol. The lowest BCUT2D eigenvalue weighted by atomic mass is 9.81. The molecule has 1 spiro atoms. The molecule has 2 heterocycles. The maximum Gasteiger partial charge on any atom is 0.0535 e. The molecule has 2 atom stereocenters. The molecular formula is C12H25NO. The molecule has 2 heteroatoms. The Morgan fingerprint density at radius 2 is 2.07 bits per heavy atom. The fourth-order valence-corrected chi connectivity index (χ4v) is 2.73. The highest BCUT2D eigenvalue weighted by Crippen LogP contribution is 2.40. The highest BCUT2D eigenvalue weighted by molar-refractivity contribution is 4.94. The van der Waals surface area contributed by atoms with Crippen LogP contribution in [0.2, 0.25) is 0 Å². The predicted octanol–water partition coefficient (Wildman–Crippen LogP) is 2.53. The van der Waals surface area contributed by atoms with Crippen molar-refractivity contribution in [2.24, 2.45) is 5.41 Å². The molecule has 0 radical (unpaired) electrons. The van der Waals surface area contributed by atoms with Crippen molar-refractivity contribution in [3.8, 4) is 0 Å². The van der Waals surface area contributed by atoms with Gasteiger partial charge in [-0.25, -0.2) is 0 Å². The van der Waals surface area contributed by atoms with Gasteiger partial charge in [-0.05, 0) is 33.2 Å². The minimum atomic E-state index is 0.520. The molecule has 84 valence electrons. The van der Waals surface area contributed by atoms with Gasteiger partial charge in [0.15, 0.2) is 0 Å². The normalized spacial score (nSPS) is 38.1. The first-order chi connectivity index (χ1) is 6.72. The van der Waals surface area contributed by atoms with Crippen molar-refractivity contribution in [3.63, 3.8) is 0 Å². The van der Waals surface area contributed by atoms with E-state index in [-0.39, 0.29) is 0 Å². The molecule has 2 nitrogen and oxygen atoms in total. The number of hydrogen-bond donors (Lipinski definition) is 0. The van der Waals surface area contributed by atoms with Gasteiger partial charge in [0.05, 0.1) is 6.61 Å². The second-order valence-electron chi connectivity index (χ2n) is 4.62. The number of nitrogens with zero attached hydrogens (tertiary/aromatic N) is 1. The van der Waals surface area contributed by atoms with E-state index in [1.165, 1.54) is 25.8 Å². The minimum absolute atomic E-state index is 0.520. The summed E-state index contributed by atoms with van der Waals surface area (Å²) >= 11 is 0. The zero-order chi connectivity index (χ0) is 10.6. The van der Waals surface area contributed by atoms with Crippen LogP contribution in [0, 0.1) is 5.41 Å². The van der Waals surface area contributed by atoms with Gasteiger partial charge < -0.3 is 9.64 Å². The summed E-state index contributed by atoms with van der Waals surface area (Å²) in [5, 5.41) is 0. The average Bonchev–Trinajstić information content (AvgIpc) is 2.46. The van der Waals surface area contributed by atoms with Crippen LogP contribution in [0.25, 0.3) is 0 Å². The molecule has 0 bridgehead atoms. The molecule has 2 fully saturated rings. The summed E-state index contributed by atoms with van der Waals surface area (Å²) < 4.78 is 5.58. The lowest BCUT2D eigenvalue weighted by molar-refractivity contribution is -0.00124. The van der Waals surface area contributed by atoms with E-state index in [0.29, 0.717) is 5.41 Å². The number of likely N-dealkylation sites (tertiary alicyclic amines) is 1. The van der Waals surface area contributed by atoms with E-state index >= 15 is 0 Å². The fraction of sp³-hybridized carbons (Fsp3) is 1.00. The van der Waals surface area contributed by atoms with Gasteiger partial charge in [-0.1, -0.05) is 13.8 Å². The first-order valence-electron chi connectivity index (χ1n) is 6.00. The Morgan fingerprint density at radius 3 is 2.50 bits per heavy atom. The SMILES string of the molecule is CC.CC1CC2(CCCOC2)CN1C. The van der Waals surface area contributed by atoms with E-state index in [2.05, 4.69) is 18.9 Å². The van der Waals surface area contributed by atoms with Crippen LogP contribution in [-0.2, 0) is 4.74 Å². The summed E-state index contributed by atoms with van der Waals surface area (Å²) in [5.41, 5.74) is 0.520. The average molecular weight is 199 g/mol. The Kier molecular flexibility index (Phi) is 4.39. The number of rotatable bonds is 0. The van der Waals surface area contributed by atoms with Crippen LogP contribution in [0.3, 0.4) is 0 Å². The largest absolute Gasteiger partial charge is 0.381 e. The van der Waals surface area contributed by atoms with E-state index in [4.69, 9.17) is 4.74 Å². The van der Waals surface area contributed by atoms with Crippen molar-refractivity contribution in [3.05, 3.63) is 0 Å². The van der Waals surface area contributed by atoms with Crippen LogP contribution in [0.15, 0.2) is 0 Å². The van der Waals surface area contributed by atoms with E-state index in [1.54, 1.807) is 0 Å².